The molecule has 2 aromatic carbocycles. The SMILES string of the molecule is CCCOc1ccc(NC(C)c2ccc(F)c(F)c2)cc1. The van der Waals surface area contributed by atoms with Crippen LogP contribution in [0.25, 0.3) is 0 Å². The summed E-state index contributed by atoms with van der Waals surface area (Å²) in [6.07, 6.45) is 0.965. The van der Waals surface area contributed by atoms with E-state index in [1.807, 2.05) is 31.2 Å². The van der Waals surface area contributed by atoms with Crippen molar-refractivity contribution < 1.29 is 13.5 Å². The smallest absolute Gasteiger partial charge is 0.159 e. The van der Waals surface area contributed by atoms with Crippen molar-refractivity contribution >= 4 is 5.69 Å². The molecule has 1 atom stereocenters. The maximum atomic E-state index is 13.2. The molecule has 0 aromatic heterocycles. The normalized spacial score (nSPS) is 12.0. The zero-order valence-electron chi connectivity index (χ0n) is 12.2. The molecule has 0 radical (unpaired) electrons. The number of hydrogen-bond acceptors (Lipinski definition) is 2. The fraction of sp³-hybridized carbons (Fsp3) is 0.294. The second-order valence-electron chi connectivity index (χ2n) is 4.91. The van der Waals surface area contributed by atoms with Gasteiger partial charge < -0.3 is 10.1 Å². The van der Waals surface area contributed by atoms with Crippen LogP contribution in [0.1, 0.15) is 31.9 Å². The summed E-state index contributed by atoms with van der Waals surface area (Å²) in [5.41, 5.74) is 1.59. The van der Waals surface area contributed by atoms with Gasteiger partial charge in [-0.2, -0.15) is 0 Å². The predicted octanol–water partition coefficient (Wildman–Crippen LogP) is 4.93. The van der Waals surface area contributed by atoms with E-state index in [0.717, 1.165) is 23.9 Å². The van der Waals surface area contributed by atoms with E-state index >= 15 is 0 Å². The number of nitrogens with one attached hydrogen (secondary N) is 1. The predicted molar refractivity (Wildman–Crippen MR) is 80.6 cm³/mol. The van der Waals surface area contributed by atoms with Crippen LogP contribution in [-0.4, -0.2) is 6.61 Å². The molecule has 0 fully saturated rings. The summed E-state index contributed by atoms with van der Waals surface area (Å²) in [6, 6.07) is 11.4. The van der Waals surface area contributed by atoms with Gasteiger partial charge in [0.15, 0.2) is 11.6 Å². The molecule has 1 unspecified atom stereocenters. The quantitative estimate of drug-likeness (QED) is 0.815. The molecule has 4 heteroatoms. The fourth-order valence-electron chi connectivity index (χ4n) is 1.98. The zero-order chi connectivity index (χ0) is 15.2. The van der Waals surface area contributed by atoms with Gasteiger partial charge in [0.05, 0.1) is 6.61 Å². The number of hydrogen-bond donors (Lipinski definition) is 1. The lowest BCUT2D eigenvalue weighted by Crippen LogP contribution is -2.07. The Labute approximate surface area is 123 Å². The first-order chi connectivity index (χ1) is 10.1. The van der Waals surface area contributed by atoms with Crippen molar-refractivity contribution in [3.8, 4) is 5.75 Å². The van der Waals surface area contributed by atoms with Crippen molar-refractivity contribution in [1.29, 1.82) is 0 Å². The van der Waals surface area contributed by atoms with Crippen LogP contribution >= 0.6 is 0 Å². The Balaban J connectivity index is 2.01. The summed E-state index contributed by atoms with van der Waals surface area (Å²) in [7, 11) is 0. The molecule has 0 amide bonds. The Kier molecular flexibility index (Phi) is 5.14. The lowest BCUT2D eigenvalue weighted by molar-refractivity contribution is 0.317. The van der Waals surface area contributed by atoms with Crippen LogP contribution in [0.3, 0.4) is 0 Å². The van der Waals surface area contributed by atoms with Crippen molar-refractivity contribution in [2.24, 2.45) is 0 Å². The van der Waals surface area contributed by atoms with Gasteiger partial charge in [-0.15, -0.1) is 0 Å². The molecule has 0 bridgehead atoms. The maximum Gasteiger partial charge on any atom is 0.159 e. The minimum Gasteiger partial charge on any atom is -0.494 e. The van der Waals surface area contributed by atoms with Crippen LogP contribution in [-0.2, 0) is 0 Å². The van der Waals surface area contributed by atoms with Crippen LogP contribution in [0.15, 0.2) is 42.5 Å². The summed E-state index contributed by atoms with van der Waals surface area (Å²) in [6.45, 7) is 4.64. The Bertz CT molecular complexity index is 584. The molecule has 0 aliphatic carbocycles. The second-order valence-corrected chi connectivity index (χ2v) is 4.91. The zero-order valence-corrected chi connectivity index (χ0v) is 12.2. The van der Waals surface area contributed by atoms with Gasteiger partial charge in [0.25, 0.3) is 0 Å². The minimum atomic E-state index is -0.830. The van der Waals surface area contributed by atoms with Crippen molar-refractivity contribution in [1.82, 2.24) is 0 Å². The van der Waals surface area contributed by atoms with Crippen molar-refractivity contribution in [2.75, 3.05) is 11.9 Å². The molecule has 0 aliphatic rings. The van der Waals surface area contributed by atoms with Gasteiger partial charge in [0, 0.05) is 11.7 Å². The molecule has 21 heavy (non-hydrogen) atoms. The van der Waals surface area contributed by atoms with Gasteiger partial charge in [0.1, 0.15) is 5.75 Å². The Hall–Kier alpha value is -2.10. The summed E-state index contributed by atoms with van der Waals surface area (Å²) in [5, 5.41) is 3.24. The summed E-state index contributed by atoms with van der Waals surface area (Å²) in [5.74, 6) is -0.837. The summed E-state index contributed by atoms with van der Waals surface area (Å²) >= 11 is 0. The lowest BCUT2D eigenvalue weighted by Gasteiger charge is -2.16. The van der Waals surface area contributed by atoms with E-state index < -0.39 is 11.6 Å². The number of benzene rings is 2. The Morgan fingerprint density at radius 2 is 1.76 bits per heavy atom. The second kappa shape index (κ2) is 7.07. The third-order valence-corrected chi connectivity index (χ3v) is 3.15. The average Bonchev–Trinajstić information content (AvgIpc) is 2.49. The molecule has 1 N–H and O–H groups in total. The van der Waals surface area contributed by atoms with Crippen molar-refractivity contribution in [2.45, 2.75) is 26.3 Å². The van der Waals surface area contributed by atoms with Gasteiger partial charge in [0.2, 0.25) is 0 Å². The molecule has 2 aromatic rings. The van der Waals surface area contributed by atoms with Crippen molar-refractivity contribution in [3.63, 3.8) is 0 Å². The third kappa shape index (κ3) is 4.18. The topological polar surface area (TPSA) is 21.3 Å². The minimum absolute atomic E-state index is 0.123. The van der Waals surface area contributed by atoms with E-state index in [1.54, 1.807) is 6.07 Å². The van der Waals surface area contributed by atoms with E-state index in [2.05, 4.69) is 12.2 Å². The lowest BCUT2D eigenvalue weighted by atomic mass is 10.1. The molecule has 0 heterocycles. The molecule has 0 spiro atoms. The van der Waals surface area contributed by atoms with Gasteiger partial charge in [-0.1, -0.05) is 13.0 Å². The summed E-state index contributed by atoms with van der Waals surface area (Å²) in [4.78, 5) is 0. The highest BCUT2D eigenvalue weighted by molar-refractivity contribution is 5.48. The van der Waals surface area contributed by atoms with E-state index in [-0.39, 0.29) is 6.04 Å². The van der Waals surface area contributed by atoms with Crippen LogP contribution in [0, 0.1) is 11.6 Å². The first-order valence-electron chi connectivity index (χ1n) is 7.04. The molecule has 0 saturated heterocycles. The van der Waals surface area contributed by atoms with E-state index in [4.69, 9.17) is 4.74 Å². The van der Waals surface area contributed by atoms with E-state index in [9.17, 15) is 8.78 Å². The van der Waals surface area contributed by atoms with Crippen LogP contribution < -0.4 is 10.1 Å². The van der Waals surface area contributed by atoms with E-state index in [0.29, 0.717) is 12.2 Å². The molecule has 2 nitrogen and oxygen atoms in total. The number of anilines is 1. The van der Waals surface area contributed by atoms with Gasteiger partial charge in [-0.3, -0.25) is 0 Å². The first-order valence-corrected chi connectivity index (χ1v) is 7.04. The van der Waals surface area contributed by atoms with Crippen LogP contribution in [0.5, 0.6) is 5.75 Å². The number of halogens is 2. The highest BCUT2D eigenvalue weighted by Gasteiger charge is 2.09. The molecule has 0 saturated carbocycles. The van der Waals surface area contributed by atoms with Gasteiger partial charge >= 0.3 is 0 Å². The summed E-state index contributed by atoms with van der Waals surface area (Å²) < 4.78 is 31.7. The number of ether oxygens (including phenoxy) is 1. The van der Waals surface area contributed by atoms with E-state index in [1.165, 1.54) is 6.07 Å². The average molecular weight is 291 g/mol. The third-order valence-electron chi connectivity index (χ3n) is 3.15. The largest absolute Gasteiger partial charge is 0.494 e. The Morgan fingerprint density at radius 1 is 1.05 bits per heavy atom. The molecule has 0 aliphatic heterocycles. The first kappa shape index (κ1) is 15.3. The van der Waals surface area contributed by atoms with Gasteiger partial charge in [-0.05, 0) is 55.3 Å². The molecule has 2 rings (SSSR count). The standard InChI is InChI=1S/C17H19F2NO/c1-3-10-21-15-7-5-14(6-8-15)20-12(2)13-4-9-16(18)17(19)11-13/h4-9,11-12,20H,3,10H2,1-2H3. The van der Waals surface area contributed by atoms with Crippen molar-refractivity contribution in [3.05, 3.63) is 59.7 Å². The van der Waals surface area contributed by atoms with Crippen LogP contribution in [0.2, 0.25) is 0 Å². The van der Waals surface area contributed by atoms with Gasteiger partial charge in [-0.25, -0.2) is 8.78 Å². The maximum absolute atomic E-state index is 13.2. The molecular formula is C17H19F2NO. The Morgan fingerprint density at radius 3 is 2.38 bits per heavy atom. The molecule has 112 valence electrons. The van der Waals surface area contributed by atoms with Crippen LogP contribution in [0.4, 0.5) is 14.5 Å². The monoisotopic (exact) mass is 291 g/mol. The highest BCUT2D eigenvalue weighted by atomic mass is 19.2. The molecular weight excluding hydrogens is 272 g/mol. The number of rotatable bonds is 6. The fourth-order valence-corrected chi connectivity index (χ4v) is 1.98. The highest BCUT2D eigenvalue weighted by Crippen LogP contribution is 2.22.